The van der Waals surface area contributed by atoms with Crippen LogP contribution in [0.5, 0.6) is 0 Å². The Morgan fingerprint density at radius 3 is 2.66 bits per heavy atom. The first-order valence-electron chi connectivity index (χ1n) is 9.11. The molecule has 1 N–H and O–H groups in total. The molecule has 0 unspecified atom stereocenters. The van der Waals surface area contributed by atoms with Crippen LogP contribution in [0, 0.1) is 0 Å². The number of nitrogens with one attached hydrogen (secondary N) is 1. The monoisotopic (exact) mass is 491 g/mol. The predicted octanol–water partition coefficient (Wildman–Crippen LogP) is 3.34. The van der Waals surface area contributed by atoms with E-state index in [-0.39, 0.29) is 18.4 Å². The Balaban J connectivity index is 1.46. The molecule has 0 radical (unpaired) electrons. The topological polar surface area (TPSA) is 65.8 Å². The molecule has 150 valence electrons. The van der Waals surface area contributed by atoms with Crippen LogP contribution in [0.25, 0.3) is 17.4 Å². The van der Waals surface area contributed by atoms with E-state index in [0.717, 1.165) is 23.1 Å². The number of benzene rings is 1. The van der Waals surface area contributed by atoms with Crippen molar-refractivity contribution in [3.63, 3.8) is 0 Å². The van der Waals surface area contributed by atoms with Crippen molar-refractivity contribution in [1.29, 1.82) is 0 Å². The van der Waals surface area contributed by atoms with E-state index in [9.17, 15) is 9.59 Å². The second-order valence-corrected chi connectivity index (χ2v) is 9.20. The number of hydrogen-bond acceptors (Lipinski definition) is 6. The van der Waals surface area contributed by atoms with Crippen LogP contribution in [-0.2, 0) is 9.59 Å². The molecule has 0 atom stereocenters. The molecule has 0 saturated carbocycles. The minimum atomic E-state index is -0.259. The highest BCUT2D eigenvalue weighted by Gasteiger charge is 2.34. The van der Waals surface area contributed by atoms with Crippen LogP contribution in [0.15, 0.2) is 50.2 Å². The molecule has 2 aliphatic rings. The first-order chi connectivity index (χ1) is 14.0. The van der Waals surface area contributed by atoms with Gasteiger partial charge in [-0.05, 0) is 24.3 Å². The van der Waals surface area contributed by atoms with Crippen molar-refractivity contribution in [2.24, 2.45) is 0 Å². The zero-order valence-corrected chi connectivity index (χ0v) is 18.6. The first-order valence-corrected chi connectivity index (χ1v) is 11.1. The maximum atomic E-state index is 12.8. The molecule has 2 amide bonds. The van der Waals surface area contributed by atoms with Gasteiger partial charge < -0.3 is 14.6 Å². The number of rotatable bonds is 4. The number of nitrogens with zero attached hydrogens (tertiary/aromatic N) is 2. The maximum Gasteiger partial charge on any atom is 0.266 e. The molecule has 9 heteroatoms. The molecule has 2 aromatic rings. The van der Waals surface area contributed by atoms with E-state index in [2.05, 4.69) is 21.2 Å². The van der Waals surface area contributed by atoms with Crippen LogP contribution in [0.2, 0.25) is 0 Å². The van der Waals surface area contributed by atoms with E-state index in [1.165, 1.54) is 16.7 Å². The standard InChI is InChI=1S/C20H18BrN3O3S2/c21-14-3-1-13(2-4-14)16-6-5-15(27-16)11-17-19(26)24(20(28)29-17)12-18(25)23-9-7-22-8-10-23/h1-6,11,22H,7-10,12H2. The van der Waals surface area contributed by atoms with Gasteiger partial charge in [0.1, 0.15) is 22.4 Å². The molecule has 1 aromatic carbocycles. The van der Waals surface area contributed by atoms with Crippen LogP contribution < -0.4 is 5.32 Å². The van der Waals surface area contributed by atoms with Crippen molar-refractivity contribution in [1.82, 2.24) is 15.1 Å². The highest BCUT2D eigenvalue weighted by atomic mass is 79.9. The smallest absolute Gasteiger partial charge is 0.266 e. The summed E-state index contributed by atoms with van der Waals surface area (Å²) in [5.74, 6) is 0.939. The van der Waals surface area contributed by atoms with Crippen molar-refractivity contribution in [3.05, 3.63) is 51.5 Å². The molecule has 0 spiro atoms. The Kier molecular flexibility index (Phi) is 6.19. The van der Waals surface area contributed by atoms with Gasteiger partial charge in [-0.3, -0.25) is 14.5 Å². The van der Waals surface area contributed by atoms with E-state index in [0.29, 0.717) is 33.8 Å². The molecule has 2 fully saturated rings. The quantitative estimate of drug-likeness (QED) is 0.522. The van der Waals surface area contributed by atoms with Crippen molar-refractivity contribution in [2.75, 3.05) is 32.7 Å². The van der Waals surface area contributed by atoms with E-state index in [4.69, 9.17) is 16.6 Å². The van der Waals surface area contributed by atoms with Crippen molar-refractivity contribution < 1.29 is 14.0 Å². The molecule has 0 bridgehead atoms. The third-order valence-corrected chi connectivity index (χ3v) is 6.57. The van der Waals surface area contributed by atoms with Crippen molar-refractivity contribution in [3.8, 4) is 11.3 Å². The van der Waals surface area contributed by atoms with Gasteiger partial charge in [0.2, 0.25) is 5.91 Å². The number of carbonyl (C=O) groups excluding carboxylic acids is 2. The number of thioether (sulfide) groups is 1. The summed E-state index contributed by atoms with van der Waals surface area (Å²) in [6.45, 7) is 2.81. The van der Waals surface area contributed by atoms with Crippen LogP contribution in [0.3, 0.4) is 0 Å². The maximum absolute atomic E-state index is 12.8. The predicted molar refractivity (Wildman–Crippen MR) is 121 cm³/mol. The van der Waals surface area contributed by atoms with Crippen molar-refractivity contribution in [2.45, 2.75) is 0 Å². The summed E-state index contributed by atoms with van der Waals surface area (Å²) in [4.78, 5) is 28.8. The largest absolute Gasteiger partial charge is 0.457 e. The third kappa shape index (κ3) is 4.63. The summed E-state index contributed by atoms with van der Waals surface area (Å²) >= 11 is 9.94. The number of halogens is 1. The van der Waals surface area contributed by atoms with Gasteiger partial charge in [0.25, 0.3) is 5.91 Å². The molecule has 3 heterocycles. The van der Waals surface area contributed by atoms with Gasteiger partial charge in [-0.1, -0.05) is 52.0 Å². The van der Waals surface area contributed by atoms with Gasteiger partial charge in [-0.15, -0.1) is 0 Å². The Morgan fingerprint density at radius 1 is 1.21 bits per heavy atom. The van der Waals surface area contributed by atoms with Gasteiger partial charge >= 0.3 is 0 Å². The summed E-state index contributed by atoms with van der Waals surface area (Å²) in [7, 11) is 0. The Labute approximate surface area is 186 Å². The SMILES string of the molecule is O=C(CN1C(=O)C(=Cc2ccc(-c3ccc(Br)cc3)o2)SC1=S)N1CCNCC1. The number of hydrogen-bond donors (Lipinski definition) is 1. The average molecular weight is 492 g/mol. The van der Waals surface area contributed by atoms with Crippen LogP contribution in [0.1, 0.15) is 5.76 Å². The zero-order valence-electron chi connectivity index (χ0n) is 15.4. The Bertz CT molecular complexity index is 981. The number of carbonyl (C=O) groups is 2. The van der Waals surface area contributed by atoms with Gasteiger partial charge in [0.15, 0.2) is 0 Å². The fourth-order valence-corrected chi connectivity index (χ4v) is 4.61. The summed E-state index contributed by atoms with van der Waals surface area (Å²) in [5, 5.41) is 3.21. The molecular formula is C20H18BrN3O3S2. The summed E-state index contributed by atoms with van der Waals surface area (Å²) < 4.78 is 7.25. The average Bonchev–Trinajstić information content (AvgIpc) is 3.29. The number of amides is 2. The number of furan rings is 1. The lowest BCUT2D eigenvalue weighted by Gasteiger charge is -2.28. The van der Waals surface area contributed by atoms with E-state index in [1.807, 2.05) is 36.4 Å². The van der Waals surface area contributed by atoms with Gasteiger partial charge in [0, 0.05) is 42.3 Å². The third-order valence-electron chi connectivity index (χ3n) is 4.67. The highest BCUT2D eigenvalue weighted by molar-refractivity contribution is 9.10. The highest BCUT2D eigenvalue weighted by Crippen LogP contribution is 2.33. The second kappa shape index (κ2) is 8.83. The second-order valence-electron chi connectivity index (χ2n) is 6.61. The first kappa shape index (κ1) is 20.3. The minimum absolute atomic E-state index is 0.0235. The molecule has 29 heavy (non-hydrogen) atoms. The fourth-order valence-electron chi connectivity index (χ4n) is 3.11. The number of piperazine rings is 1. The van der Waals surface area contributed by atoms with Crippen LogP contribution >= 0.6 is 39.9 Å². The molecule has 1 aromatic heterocycles. The molecule has 0 aliphatic carbocycles. The Morgan fingerprint density at radius 2 is 1.93 bits per heavy atom. The summed E-state index contributed by atoms with van der Waals surface area (Å²) in [6.07, 6.45) is 1.68. The van der Waals surface area contributed by atoms with Gasteiger partial charge in [-0.25, -0.2) is 0 Å². The molecule has 2 aliphatic heterocycles. The zero-order chi connectivity index (χ0) is 20.4. The van der Waals surface area contributed by atoms with Crippen LogP contribution in [-0.4, -0.2) is 58.7 Å². The molecule has 6 nitrogen and oxygen atoms in total. The van der Waals surface area contributed by atoms with Crippen molar-refractivity contribution >= 4 is 62.1 Å². The number of thiocarbonyl (C=S) groups is 1. The Hall–Kier alpha value is -1.94. The van der Waals surface area contributed by atoms with Gasteiger partial charge in [-0.2, -0.15) is 0 Å². The molecule has 2 saturated heterocycles. The summed E-state index contributed by atoms with van der Waals surface area (Å²) in [5.41, 5.74) is 0.946. The lowest BCUT2D eigenvalue weighted by atomic mass is 10.2. The molecule has 4 rings (SSSR count). The lowest BCUT2D eigenvalue weighted by molar-refractivity contribution is -0.135. The van der Waals surface area contributed by atoms with E-state index >= 15 is 0 Å². The van der Waals surface area contributed by atoms with Gasteiger partial charge in [0.05, 0.1) is 4.91 Å². The van der Waals surface area contributed by atoms with E-state index in [1.54, 1.807) is 11.0 Å². The van der Waals surface area contributed by atoms with Crippen LogP contribution in [0.4, 0.5) is 0 Å². The minimum Gasteiger partial charge on any atom is -0.457 e. The summed E-state index contributed by atoms with van der Waals surface area (Å²) in [6, 6.07) is 11.5. The normalized spacial score (nSPS) is 18.7. The fraction of sp³-hybridized carbons (Fsp3) is 0.250. The van der Waals surface area contributed by atoms with E-state index < -0.39 is 0 Å². The molecular weight excluding hydrogens is 474 g/mol. The lowest BCUT2D eigenvalue weighted by Crippen LogP contribution is -2.50.